The van der Waals surface area contributed by atoms with Crippen LogP contribution in [0.4, 0.5) is 22.1 Å². The number of halogens is 1. The van der Waals surface area contributed by atoms with Gasteiger partial charge in [-0.1, -0.05) is 11.6 Å². The Morgan fingerprint density at radius 3 is 2.33 bits per heavy atom. The molecular weight excluding hydrogens is 560 g/mol. The quantitative estimate of drug-likeness (QED) is 0.338. The zero-order chi connectivity index (χ0) is 29.4. The maximum atomic E-state index is 11.3. The van der Waals surface area contributed by atoms with Gasteiger partial charge in [0.05, 0.1) is 49.1 Å². The Balaban J connectivity index is 1.10. The molecule has 1 aromatic carbocycles. The van der Waals surface area contributed by atoms with E-state index in [-0.39, 0.29) is 6.04 Å². The summed E-state index contributed by atoms with van der Waals surface area (Å²) in [5, 5.41) is 9.75. The van der Waals surface area contributed by atoms with Crippen LogP contribution in [0.3, 0.4) is 0 Å². The van der Waals surface area contributed by atoms with Gasteiger partial charge in [0.25, 0.3) is 0 Å². The highest BCUT2D eigenvalue weighted by atomic mass is 35.5. The van der Waals surface area contributed by atoms with E-state index in [9.17, 15) is 9.90 Å². The molecule has 2 saturated heterocycles. The van der Waals surface area contributed by atoms with E-state index in [1.54, 1.807) is 27.3 Å². The molecule has 0 radical (unpaired) electrons. The van der Waals surface area contributed by atoms with Crippen LogP contribution in [0.25, 0.3) is 16.9 Å². The number of methoxy groups -OCH3 is 2. The molecule has 4 aromatic rings. The lowest BCUT2D eigenvalue weighted by Crippen LogP contribution is -2.46. The molecule has 0 aliphatic carbocycles. The van der Waals surface area contributed by atoms with Crippen LogP contribution in [-0.4, -0.2) is 102 Å². The fourth-order valence-corrected chi connectivity index (χ4v) is 5.86. The molecule has 1 N–H and O–H groups in total. The molecule has 220 valence electrons. The number of pyridine rings is 1. The zero-order valence-corrected chi connectivity index (χ0v) is 24.5. The number of ether oxygens (including phenoxy) is 2. The summed E-state index contributed by atoms with van der Waals surface area (Å²) in [5.74, 6) is 1.83. The fourth-order valence-electron chi connectivity index (χ4n) is 5.62. The Hall–Kier alpha value is -4.45. The number of carboxylic acid groups (broad SMARTS) is 1. The van der Waals surface area contributed by atoms with Gasteiger partial charge in [-0.05, 0) is 18.6 Å². The largest absolute Gasteiger partial charge is 0.496 e. The highest BCUT2D eigenvalue weighted by Gasteiger charge is 2.30. The summed E-state index contributed by atoms with van der Waals surface area (Å²) in [6.45, 7) is 4.72. The topological polar surface area (TPSA) is 112 Å². The summed E-state index contributed by atoms with van der Waals surface area (Å²) in [6.07, 6.45) is 7.58. The third-order valence-corrected chi connectivity index (χ3v) is 8.42. The van der Waals surface area contributed by atoms with E-state index < -0.39 is 6.09 Å². The van der Waals surface area contributed by atoms with E-state index >= 15 is 0 Å². The smallest absolute Gasteiger partial charge is 0.407 e. The Bertz CT molecular complexity index is 1590. The Morgan fingerprint density at radius 1 is 0.976 bits per heavy atom. The molecule has 6 rings (SSSR count). The van der Waals surface area contributed by atoms with Gasteiger partial charge in [-0.15, -0.1) is 0 Å². The van der Waals surface area contributed by atoms with Crippen molar-refractivity contribution in [3.05, 3.63) is 54.1 Å². The van der Waals surface area contributed by atoms with Crippen molar-refractivity contribution < 1.29 is 19.4 Å². The first-order chi connectivity index (χ1) is 20.3. The van der Waals surface area contributed by atoms with Gasteiger partial charge in [0, 0.05) is 82.1 Å². The number of hydrogen-bond donors (Lipinski definition) is 1. The molecule has 12 nitrogen and oxygen atoms in total. The normalized spacial score (nSPS) is 17.1. The van der Waals surface area contributed by atoms with Crippen LogP contribution in [0.2, 0.25) is 5.02 Å². The molecule has 1 atom stereocenters. The van der Waals surface area contributed by atoms with Gasteiger partial charge in [0.15, 0.2) is 0 Å². The monoisotopic (exact) mass is 592 g/mol. The Kier molecular flexibility index (Phi) is 7.55. The first-order valence-corrected chi connectivity index (χ1v) is 14.2. The van der Waals surface area contributed by atoms with E-state index in [1.807, 2.05) is 40.2 Å². The lowest BCUT2D eigenvalue weighted by molar-refractivity contribution is 0.142. The minimum Gasteiger partial charge on any atom is -0.496 e. The SMILES string of the molecule is COc1cc(OC)c(-c2cn3ccc(N4CCN(c5cnc(N6CCC(N(C)C(=O)O)C6)nc5)CC4)cc3n2)cc1Cl. The molecule has 42 heavy (non-hydrogen) atoms. The number of benzene rings is 1. The standard InChI is InChI=1S/C29H33ClN8O4/c1-34(29(39)40)20-5-7-38(17-20)28-31-15-21(16-32-28)36-10-8-35(9-11-36)19-4-6-37-18-24(33-27(37)12-19)22-13-23(30)26(42-3)14-25(22)41-2/h4,6,12-16,18,20H,5,7-11,17H2,1-3H3,(H,39,40). The van der Waals surface area contributed by atoms with Crippen molar-refractivity contribution in [3.63, 3.8) is 0 Å². The van der Waals surface area contributed by atoms with Crippen LogP contribution in [0.15, 0.2) is 49.1 Å². The number of fused-ring (bicyclic) bond motifs is 1. The molecule has 2 fully saturated rings. The van der Waals surface area contributed by atoms with E-state index in [0.29, 0.717) is 29.0 Å². The molecule has 2 aliphatic rings. The summed E-state index contributed by atoms with van der Waals surface area (Å²) in [6, 6.07) is 7.75. The van der Waals surface area contributed by atoms with E-state index in [4.69, 9.17) is 26.1 Å². The van der Waals surface area contributed by atoms with E-state index in [1.165, 1.54) is 4.90 Å². The van der Waals surface area contributed by atoms with Crippen molar-refractivity contribution in [1.82, 2.24) is 24.3 Å². The highest BCUT2D eigenvalue weighted by molar-refractivity contribution is 6.32. The lowest BCUT2D eigenvalue weighted by atomic mass is 10.1. The molecule has 2 aliphatic heterocycles. The number of piperazine rings is 1. The van der Waals surface area contributed by atoms with Gasteiger partial charge in [-0.3, -0.25) is 0 Å². The molecular formula is C29H33ClN8O4. The number of rotatable bonds is 7. The molecule has 1 amide bonds. The summed E-state index contributed by atoms with van der Waals surface area (Å²) in [7, 11) is 4.80. The summed E-state index contributed by atoms with van der Waals surface area (Å²) in [4.78, 5) is 33.4. The fraction of sp³-hybridized carbons (Fsp3) is 0.379. The molecule has 0 saturated carbocycles. The molecule has 0 spiro atoms. The molecule has 0 bridgehead atoms. The molecule has 13 heteroatoms. The average Bonchev–Trinajstić information content (AvgIpc) is 3.68. The van der Waals surface area contributed by atoms with Crippen molar-refractivity contribution >= 4 is 40.7 Å². The number of hydrogen-bond acceptors (Lipinski definition) is 9. The van der Waals surface area contributed by atoms with Crippen LogP contribution >= 0.6 is 11.6 Å². The number of imidazole rings is 1. The summed E-state index contributed by atoms with van der Waals surface area (Å²) < 4.78 is 12.9. The second-order valence-electron chi connectivity index (χ2n) is 10.5. The van der Waals surface area contributed by atoms with Gasteiger partial charge in [0.2, 0.25) is 5.95 Å². The van der Waals surface area contributed by atoms with Crippen molar-refractivity contribution in [2.45, 2.75) is 12.5 Å². The van der Waals surface area contributed by atoms with E-state index in [2.05, 4.69) is 31.9 Å². The highest BCUT2D eigenvalue weighted by Crippen LogP contribution is 2.38. The van der Waals surface area contributed by atoms with Gasteiger partial charge >= 0.3 is 6.09 Å². The van der Waals surface area contributed by atoms with Crippen LogP contribution < -0.4 is 24.2 Å². The van der Waals surface area contributed by atoms with Crippen molar-refractivity contribution in [2.24, 2.45) is 0 Å². The number of carbonyl (C=O) groups is 1. The van der Waals surface area contributed by atoms with Crippen molar-refractivity contribution in [1.29, 1.82) is 0 Å². The zero-order valence-electron chi connectivity index (χ0n) is 23.8. The Labute approximate surface area is 248 Å². The predicted octanol–water partition coefficient (Wildman–Crippen LogP) is 3.98. The predicted molar refractivity (Wildman–Crippen MR) is 162 cm³/mol. The van der Waals surface area contributed by atoms with E-state index in [0.717, 1.165) is 67.4 Å². The second kappa shape index (κ2) is 11.4. The first kappa shape index (κ1) is 27.7. The van der Waals surface area contributed by atoms with Gasteiger partial charge < -0.3 is 38.6 Å². The van der Waals surface area contributed by atoms with Gasteiger partial charge in [-0.25, -0.2) is 19.7 Å². The Morgan fingerprint density at radius 2 is 1.67 bits per heavy atom. The van der Waals surface area contributed by atoms with Crippen LogP contribution in [-0.2, 0) is 0 Å². The summed E-state index contributed by atoms with van der Waals surface area (Å²) >= 11 is 6.40. The van der Waals surface area contributed by atoms with Crippen molar-refractivity contribution in [3.8, 4) is 22.8 Å². The summed E-state index contributed by atoms with van der Waals surface area (Å²) in [5.41, 5.74) is 4.49. The maximum Gasteiger partial charge on any atom is 0.407 e. The third-order valence-electron chi connectivity index (χ3n) is 8.12. The maximum absolute atomic E-state index is 11.3. The average molecular weight is 593 g/mol. The molecule has 1 unspecified atom stereocenters. The van der Waals surface area contributed by atoms with Crippen LogP contribution in [0.5, 0.6) is 11.5 Å². The number of amides is 1. The molecule has 3 aromatic heterocycles. The minimum absolute atomic E-state index is 0.0459. The lowest BCUT2D eigenvalue weighted by Gasteiger charge is -2.37. The number of anilines is 3. The van der Waals surface area contributed by atoms with Crippen LogP contribution in [0, 0.1) is 0 Å². The van der Waals surface area contributed by atoms with Crippen molar-refractivity contribution in [2.75, 3.05) is 75.2 Å². The van der Waals surface area contributed by atoms with Crippen LogP contribution in [0.1, 0.15) is 6.42 Å². The molecule has 5 heterocycles. The third kappa shape index (κ3) is 5.29. The van der Waals surface area contributed by atoms with Gasteiger partial charge in [0.1, 0.15) is 17.1 Å². The second-order valence-corrected chi connectivity index (χ2v) is 10.9. The number of aromatic nitrogens is 4. The number of likely N-dealkylation sites (N-methyl/N-ethyl adjacent to an activating group) is 1. The van der Waals surface area contributed by atoms with Gasteiger partial charge in [-0.2, -0.15) is 0 Å². The number of nitrogens with zero attached hydrogens (tertiary/aromatic N) is 8. The minimum atomic E-state index is -0.911. The first-order valence-electron chi connectivity index (χ1n) is 13.8.